The Morgan fingerprint density at radius 3 is 2.41 bits per heavy atom. The van der Waals surface area contributed by atoms with Crippen molar-refractivity contribution in [2.45, 2.75) is 40.3 Å². The van der Waals surface area contributed by atoms with E-state index in [1.807, 2.05) is 74.2 Å². The lowest BCUT2D eigenvalue weighted by Crippen LogP contribution is -2.48. The van der Waals surface area contributed by atoms with E-state index < -0.39 is 5.41 Å². The fourth-order valence-electron chi connectivity index (χ4n) is 3.68. The number of carbonyl (C=O) groups excluding carboxylic acids is 2. The molecule has 32 heavy (non-hydrogen) atoms. The van der Waals surface area contributed by atoms with Crippen molar-refractivity contribution in [3.05, 3.63) is 65.7 Å². The number of morpholine rings is 1. The predicted octanol–water partition coefficient (Wildman–Crippen LogP) is 4.03. The number of carbonyl (C=O) groups is 2. The van der Waals surface area contributed by atoms with Crippen LogP contribution in [-0.2, 0) is 16.1 Å². The molecule has 172 valence electrons. The Hall–Kier alpha value is -2.70. The van der Waals surface area contributed by atoms with Gasteiger partial charge >= 0.3 is 0 Å². The number of rotatable bonds is 7. The van der Waals surface area contributed by atoms with E-state index in [0.29, 0.717) is 17.8 Å². The minimum Gasteiger partial charge on any atom is -0.379 e. The van der Waals surface area contributed by atoms with Crippen LogP contribution >= 0.6 is 0 Å². The molecule has 1 heterocycles. The molecule has 1 N–H and O–H groups in total. The van der Waals surface area contributed by atoms with E-state index in [1.165, 1.54) is 0 Å². The quantitative estimate of drug-likeness (QED) is 0.710. The molecule has 0 bridgehead atoms. The van der Waals surface area contributed by atoms with Crippen LogP contribution < -0.4 is 5.32 Å². The van der Waals surface area contributed by atoms with Crippen LogP contribution in [0.2, 0.25) is 0 Å². The van der Waals surface area contributed by atoms with Crippen molar-refractivity contribution in [3.63, 3.8) is 0 Å². The van der Waals surface area contributed by atoms with Gasteiger partial charge in [0.1, 0.15) is 0 Å². The Balaban J connectivity index is 1.80. The second kappa shape index (κ2) is 10.7. The minimum atomic E-state index is -0.508. The highest BCUT2D eigenvalue weighted by Gasteiger charge is 2.26. The van der Waals surface area contributed by atoms with E-state index in [2.05, 4.69) is 17.1 Å². The molecule has 1 fully saturated rings. The summed E-state index contributed by atoms with van der Waals surface area (Å²) < 4.78 is 5.47. The van der Waals surface area contributed by atoms with Crippen LogP contribution in [0.15, 0.2) is 54.6 Å². The van der Waals surface area contributed by atoms with Crippen LogP contribution in [0.5, 0.6) is 0 Å². The maximum Gasteiger partial charge on any atom is 0.254 e. The number of benzene rings is 2. The predicted molar refractivity (Wildman–Crippen MR) is 128 cm³/mol. The van der Waals surface area contributed by atoms with Gasteiger partial charge < -0.3 is 15.0 Å². The zero-order chi connectivity index (χ0) is 23.1. The smallest absolute Gasteiger partial charge is 0.254 e. The van der Waals surface area contributed by atoms with Gasteiger partial charge in [-0.2, -0.15) is 0 Å². The number of anilines is 1. The third-order valence-corrected chi connectivity index (χ3v) is 5.66. The Kier molecular flexibility index (Phi) is 8.04. The lowest BCUT2D eigenvalue weighted by Gasteiger charge is -2.35. The molecule has 0 aromatic heterocycles. The summed E-state index contributed by atoms with van der Waals surface area (Å²) in [5.74, 6) is -0.120. The van der Waals surface area contributed by atoms with Crippen LogP contribution in [0.3, 0.4) is 0 Å². The zero-order valence-electron chi connectivity index (χ0n) is 19.6. The summed E-state index contributed by atoms with van der Waals surface area (Å²) in [5, 5.41) is 2.93. The molecular formula is C26H35N3O3. The monoisotopic (exact) mass is 437 g/mol. The number of ether oxygens (including phenoxy) is 1. The first-order valence-corrected chi connectivity index (χ1v) is 11.3. The minimum absolute atomic E-state index is 0.0219. The molecule has 6 nitrogen and oxygen atoms in total. The molecule has 1 atom stereocenters. The van der Waals surface area contributed by atoms with E-state index in [-0.39, 0.29) is 17.9 Å². The molecule has 0 aliphatic carbocycles. The molecule has 1 saturated heterocycles. The highest BCUT2D eigenvalue weighted by Crippen LogP contribution is 2.20. The first-order valence-electron chi connectivity index (χ1n) is 11.3. The highest BCUT2D eigenvalue weighted by atomic mass is 16.5. The molecule has 1 unspecified atom stereocenters. The van der Waals surface area contributed by atoms with Gasteiger partial charge in [-0.1, -0.05) is 57.2 Å². The Morgan fingerprint density at radius 2 is 1.75 bits per heavy atom. The number of nitrogens with zero attached hydrogens (tertiary/aromatic N) is 2. The van der Waals surface area contributed by atoms with Crippen LogP contribution in [0.1, 0.15) is 43.6 Å². The average molecular weight is 438 g/mol. The molecular weight excluding hydrogens is 402 g/mol. The van der Waals surface area contributed by atoms with Crippen LogP contribution in [-0.4, -0.2) is 60.5 Å². The Bertz CT molecular complexity index is 902. The van der Waals surface area contributed by atoms with Crippen molar-refractivity contribution < 1.29 is 14.3 Å². The molecule has 2 amide bonds. The summed E-state index contributed by atoms with van der Waals surface area (Å²) >= 11 is 0. The van der Waals surface area contributed by atoms with E-state index >= 15 is 0 Å². The fourth-order valence-corrected chi connectivity index (χ4v) is 3.68. The number of amides is 2. The van der Waals surface area contributed by atoms with E-state index in [1.54, 1.807) is 6.07 Å². The summed E-state index contributed by atoms with van der Waals surface area (Å²) in [5.41, 5.74) is 1.79. The van der Waals surface area contributed by atoms with Gasteiger partial charge in [0.05, 0.1) is 13.2 Å². The van der Waals surface area contributed by atoms with Gasteiger partial charge in [-0.15, -0.1) is 0 Å². The lowest BCUT2D eigenvalue weighted by molar-refractivity contribution is -0.123. The van der Waals surface area contributed by atoms with E-state index in [4.69, 9.17) is 4.74 Å². The van der Waals surface area contributed by atoms with Crippen molar-refractivity contribution in [3.8, 4) is 0 Å². The molecule has 1 aliphatic heterocycles. The second-order valence-electron chi connectivity index (χ2n) is 9.47. The lowest BCUT2D eigenvalue weighted by atomic mass is 9.95. The van der Waals surface area contributed by atoms with Crippen molar-refractivity contribution in [1.29, 1.82) is 0 Å². The van der Waals surface area contributed by atoms with Crippen LogP contribution in [0.25, 0.3) is 0 Å². The zero-order valence-corrected chi connectivity index (χ0v) is 19.6. The SMILES string of the molecule is CC(CN1CCOCC1)N(Cc1ccccc1)C(=O)c1cccc(NC(=O)C(C)(C)C)c1. The van der Waals surface area contributed by atoms with Crippen LogP contribution in [0.4, 0.5) is 5.69 Å². The summed E-state index contributed by atoms with van der Waals surface area (Å²) in [4.78, 5) is 30.3. The normalized spacial score (nSPS) is 15.8. The van der Waals surface area contributed by atoms with Crippen molar-refractivity contribution in [2.24, 2.45) is 5.41 Å². The van der Waals surface area contributed by atoms with Crippen LogP contribution in [0, 0.1) is 5.41 Å². The molecule has 0 radical (unpaired) electrons. The molecule has 0 saturated carbocycles. The molecule has 3 rings (SSSR count). The van der Waals surface area contributed by atoms with E-state index in [9.17, 15) is 9.59 Å². The third-order valence-electron chi connectivity index (χ3n) is 5.66. The van der Waals surface area contributed by atoms with Gasteiger partial charge in [0.25, 0.3) is 5.91 Å². The van der Waals surface area contributed by atoms with Gasteiger partial charge in [0.15, 0.2) is 0 Å². The number of hydrogen-bond donors (Lipinski definition) is 1. The fraction of sp³-hybridized carbons (Fsp3) is 0.462. The maximum atomic E-state index is 13.6. The average Bonchev–Trinajstić information content (AvgIpc) is 2.78. The maximum absolute atomic E-state index is 13.6. The van der Waals surface area contributed by atoms with Gasteiger partial charge in [-0.3, -0.25) is 14.5 Å². The van der Waals surface area contributed by atoms with E-state index in [0.717, 1.165) is 38.4 Å². The highest BCUT2D eigenvalue weighted by molar-refractivity contribution is 5.98. The summed E-state index contributed by atoms with van der Waals surface area (Å²) in [7, 11) is 0. The largest absolute Gasteiger partial charge is 0.379 e. The van der Waals surface area contributed by atoms with Crippen molar-refractivity contribution in [1.82, 2.24) is 9.80 Å². The molecule has 2 aromatic rings. The number of hydrogen-bond acceptors (Lipinski definition) is 4. The number of nitrogens with one attached hydrogen (secondary N) is 1. The third kappa shape index (κ3) is 6.65. The van der Waals surface area contributed by atoms with Gasteiger partial charge in [-0.25, -0.2) is 0 Å². The summed E-state index contributed by atoms with van der Waals surface area (Å²) in [6.45, 7) is 12.3. The molecule has 6 heteroatoms. The molecule has 1 aliphatic rings. The van der Waals surface area contributed by atoms with Crippen molar-refractivity contribution >= 4 is 17.5 Å². The second-order valence-corrected chi connectivity index (χ2v) is 9.47. The molecule has 2 aromatic carbocycles. The molecule has 0 spiro atoms. The summed E-state index contributed by atoms with van der Waals surface area (Å²) in [6.07, 6.45) is 0. The standard InChI is InChI=1S/C26H35N3O3/c1-20(18-28-13-15-32-16-14-28)29(19-21-9-6-5-7-10-21)24(30)22-11-8-12-23(17-22)27-25(31)26(2,3)4/h5-12,17,20H,13-16,18-19H2,1-4H3,(H,27,31). The Morgan fingerprint density at radius 1 is 1.06 bits per heavy atom. The first kappa shape index (κ1) is 24.0. The van der Waals surface area contributed by atoms with Crippen molar-refractivity contribution in [2.75, 3.05) is 38.2 Å². The first-order chi connectivity index (χ1) is 15.2. The van der Waals surface area contributed by atoms with Gasteiger partial charge in [0, 0.05) is 48.9 Å². The summed E-state index contributed by atoms with van der Waals surface area (Å²) in [6, 6.07) is 17.3. The van der Waals surface area contributed by atoms with Gasteiger partial charge in [-0.05, 0) is 30.7 Å². The Labute approximate surface area is 191 Å². The van der Waals surface area contributed by atoms with Gasteiger partial charge in [0.2, 0.25) is 5.91 Å². The topological polar surface area (TPSA) is 61.9 Å².